The average Bonchev–Trinajstić information content (AvgIpc) is 3.13. The molecule has 8 heteroatoms. The van der Waals surface area contributed by atoms with Crippen LogP contribution in [0.15, 0.2) is 18.2 Å². The molecule has 1 aromatic carbocycles. The Morgan fingerprint density at radius 3 is 2.55 bits per heavy atom. The summed E-state index contributed by atoms with van der Waals surface area (Å²) in [6.07, 6.45) is 2.39. The van der Waals surface area contributed by atoms with Gasteiger partial charge in [-0.25, -0.2) is 0 Å². The molecule has 1 heterocycles. The van der Waals surface area contributed by atoms with Crippen LogP contribution in [0, 0.1) is 5.41 Å². The highest BCUT2D eigenvalue weighted by molar-refractivity contribution is 7.87. The summed E-state index contributed by atoms with van der Waals surface area (Å²) in [6.45, 7) is 9.20. The van der Waals surface area contributed by atoms with Crippen LogP contribution in [0.5, 0.6) is 11.5 Å². The molecular weight excluding hydrogens is 394 g/mol. The lowest BCUT2D eigenvalue weighted by atomic mass is 9.91. The lowest BCUT2D eigenvalue weighted by Gasteiger charge is -2.29. The highest BCUT2D eigenvalue weighted by atomic mass is 32.2. The van der Waals surface area contributed by atoms with Crippen LogP contribution in [0.4, 0.5) is 0 Å². The quantitative estimate of drug-likeness (QED) is 0.562. The van der Waals surface area contributed by atoms with Crippen LogP contribution in [0.2, 0.25) is 0 Å². The first-order valence-electron chi connectivity index (χ1n) is 10.0. The third-order valence-corrected chi connectivity index (χ3v) is 5.79. The molecule has 0 bridgehead atoms. The number of hydrogen-bond acceptors (Lipinski definition) is 6. The molecule has 0 aromatic heterocycles. The smallest absolute Gasteiger partial charge is 0.309 e. The third-order valence-electron chi connectivity index (χ3n) is 4.65. The van der Waals surface area contributed by atoms with Crippen LogP contribution in [-0.2, 0) is 26.2 Å². The van der Waals surface area contributed by atoms with Crippen molar-refractivity contribution >= 4 is 16.0 Å². The molecule has 0 spiro atoms. The maximum atomic E-state index is 13.0. The topological polar surface area (TPSA) is 82.1 Å². The van der Waals surface area contributed by atoms with Crippen molar-refractivity contribution in [3.05, 3.63) is 23.8 Å². The van der Waals surface area contributed by atoms with Crippen molar-refractivity contribution in [3.63, 3.8) is 0 Å². The lowest BCUT2D eigenvalue weighted by molar-refractivity contribution is -0.135. The molecule has 0 N–H and O–H groups in total. The summed E-state index contributed by atoms with van der Waals surface area (Å²) in [4.78, 5) is 14.7. The van der Waals surface area contributed by atoms with E-state index < -0.39 is 10.1 Å². The monoisotopic (exact) mass is 427 g/mol. The van der Waals surface area contributed by atoms with E-state index in [-0.39, 0.29) is 28.9 Å². The van der Waals surface area contributed by atoms with E-state index in [4.69, 9.17) is 13.7 Å². The van der Waals surface area contributed by atoms with Gasteiger partial charge in [0.15, 0.2) is 11.5 Å². The van der Waals surface area contributed by atoms with E-state index in [0.29, 0.717) is 25.3 Å². The normalized spacial score (nSPS) is 17.2. The van der Waals surface area contributed by atoms with Gasteiger partial charge < -0.3 is 18.6 Å². The average molecular weight is 428 g/mol. The SMILES string of the molecule is CCS(=O)(=O)Oc1cc(CN(C[C@H]2CCCO2)C(=O)CC(C)(C)C)ccc1OC. The fourth-order valence-electron chi connectivity index (χ4n) is 3.15. The van der Waals surface area contributed by atoms with E-state index in [0.717, 1.165) is 25.0 Å². The summed E-state index contributed by atoms with van der Waals surface area (Å²) < 4.78 is 40.0. The van der Waals surface area contributed by atoms with Crippen LogP contribution in [0.3, 0.4) is 0 Å². The fourth-order valence-corrected chi connectivity index (χ4v) is 3.68. The lowest BCUT2D eigenvalue weighted by Crippen LogP contribution is -2.38. The molecule has 2 rings (SSSR count). The van der Waals surface area contributed by atoms with E-state index in [1.54, 1.807) is 17.0 Å². The van der Waals surface area contributed by atoms with Gasteiger partial charge in [-0.1, -0.05) is 26.8 Å². The summed E-state index contributed by atoms with van der Waals surface area (Å²) >= 11 is 0. The number of nitrogens with zero attached hydrogens (tertiary/aromatic N) is 1. The number of carbonyl (C=O) groups excluding carboxylic acids is 1. The largest absolute Gasteiger partial charge is 0.493 e. The Morgan fingerprint density at radius 1 is 1.28 bits per heavy atom. The Bertz CT molecular complexity index is 794. The summed E-state index contributed by atoms with van der Waals surface area (Å²) in [5.74, 6) is 0.368. The van der Waals surface area contributed by atoms with Crippen molar-refractivity contribution in [2.45, 2.75) is 59.6 Å². The summed E-state index contributed by atoms with van der Waals surface area (Å²) in [5.41, 5.74) is 0.641. The van der Waals surface area contributed by atoms with E-state index in [1.807, 2.05) is 26.8 Å². The molecule has 1 amide bonds. The minimum Gasteiger partial charge on any atom is -0.493 e. The Labute approximate surface area is 174 Å². The molecule has 164 valence electrons. The Morgan fingerprint density at radius 2 is 2.00 bits per heavy atom. The Hall–Kier alpha value is -1.80. The zero-order valence-corrected chi connectivity index (χ0v) is 18.9. The highest BCUT2D eigenvalue weighted by Gasteiger charge is 2.26. The molecular formula is C21H33NO6S. The van der Waals surface area contributed by atoms with Gasteiger partial charge in [-0.2, -0.15) is 8.42 Å². The van der Waals surface area contributed by atoms with Gasteiger partial charge in [0.05, 0.1) is 19.0 Å². The molecule has 0 aliphatic carbocycles. The van der Waals surface area contributed by atoms with Gasteiger partial charge in [-0.05, 0) is 42.9 Å². The van der Waals surface area contributed by atoms with E-state index in [2.05, 4.69) is 0 Å². The molecule has 0 radical (unpaired) electrons. The zero-order valence-electron chi connectivity index (χ0n) is 18.1. The van der Waals surface area contributed by atoms with E-state index in [1.165, 1.54) is 14.0 Å². The second-order valence-electron chi connectivity index (χ2n) is 8.56. The van der Waals surface area contributed by atoms with Crippen LogP contribution in [0.25, 0.3) is 0 Å². The second-order valence-corrected chi connectivity index (χ2v) is 10.4. The van der Waals surface area contributed by atoms with Crippen LogP contribution >= 0.6 is 0 Å². The minimum absolute atomic E-state index is 0.0355. The molecule has 1 fully saturated rings. The van der Waals surface area contributed by atoms with Crippen molar-refractivity contribution < 1.29 is 26.9 Å². The first-order valence-corrected chi connectivity index (χ1v) is 11.6. The maximum absolute atomic E-state index is 13.0. The second kappa shape index (κ2) is 9.80. The first kappa shape index (κ1) is 23.5. The van der Waals surface area contributed by atoms with Crippen LogP contribution in [0.1, 0.15) is 52.5 Å². The van der Waals surface area contributed by atoms with Gasteiger partial charge in [0.1, 0.15) is 0 Å². The third kappa shape index (κ3) is 7.51. The molecule has 1 aliphatic rings. The number of carbonyl (C=O) groups is 1. The van der Waals surface area contributed by atoms with Crippen molar-refractivity contribution in [3.8, 4) is 11.5 Å². The summed E-state index contributed by atoms with van der Waals surface area (Å²) in [5, 5.41) is 0. The fraction of sp³-hybridized carbons (Fsp3) is 0.667. The number of ether oxygens (including phenoxy) is 2. The number of methoxy groups -OCH3 is 1. The van der Waals surface area contributed by atoms with Gasteiger partial charge in [0.25, 0.3) is 0 Å². The molecule has 0 saturated carbocycles. The van der Waals surface area contributed by atoms with Crippen molar-refractivity contribution in [2.75, 3.05) is 26.0 Å². The maximum Gasteiger partial charge on any atom is 0.309 e. The van der Waals surface area contributed by atoms with Gasteiger partial charge >= 0.3 is 10.1 Å². The Balaban J connectivity index is 2.25. The van der Waals surface area contributed by atoms with Gasteiger partial charge in [-0.3, -0.25) is 4.79 Å². The predicted octanol–water partition coefficient (Wildman–Crippen LogP) is 3.37. The number of hydrogen-bond donors (Lipinski definition) is 0. The van der Waals surface area contributed by atoms with Crippen LogP contribution in [-0.4, -0.2) is 51.3 Å². The minimum atomic E-state index is -3.69. The first-order chi connectivity index (χ1) is 13.5. The Kier molecular flexibility index (Phi) is 7.94. The highest BCUT2D eigenvalue weighted by Crippen LogP contribution is 2.30. The summed E-state index contributed by atoms with van der Waals surface area (Å²) in [7, 11) is -2.23. The van der Waals surface area contributed by atoms with Crippen molar-refractivity contribution in [1.29, 1.82) is 0 Å². The van der Waals surface area contributed by atoms with E-state index in [9.17, 15) is 13.2 Å². The molecule has 1 aromatic rings. The van der Waals surface area contributed by atoms with Crippen molar-refractivity contribution in [1.82, 2.24) is 4.90 Å². The molecule has 7 nitrogen and oxygen atoms in total. The predicted molar refractivity (Wildman–Crippen MR) is 112 cm³/mol. The molecule has 1 saturated heterocycles. The van der Waals surface area contributed by atoms with Gasteiger partial charge in [-0.15, -0.1) is 0 Å². The number of benzene rings is 1. The number of amides is 1. The standard InChI is InChI=1S/C21H33NO6S/c1-6-29(24,25)28-19-12-16(9-10-18(19)26-5)14-22(15-17-8-7-11-27-17)20(23)13-21(2,3)4/h9-10,12,17H,6-8,11,13-15H2,1-5H3/t17-/m1/s1. The van der Waals surface area contributed by atoms with E-state index >= 15 is 0 Å². The number of rotatable bonds is 9. The molecule has 1 atom stereocenters. The molecule has 1 aliphatic heterocycles. The van der Waals surface area contributed by atoms with Gasteiger partial charge in [0, 0.05) is 26.1 Å². The summed E-state index contributed by atoms with van der Waals surface area (Å²) in [6, 6.07) is 5.10. The van der Waals surface area contributed by atoms with Gasteiger partial charge in [0.2, 0.25) is 5.91 Å². The zero-order chi connectivity index (χ0) is 21.7. The molecule has 29 heavy (non-hydrogen) atoms. The van der Waals surface area contributed by atoms with Crippen LogP contribution < -0.4 is 8.92 Å². The molecule has 0 unspecified atom stereocenters. The van der Waals surface area contributed by atoms with Crippen molar-refractivity contribution in [2.24, 2.45) is 5.41 Å².